The summed E-state index contributed by atoms with van der Waals surface area (Å²) in [4.78, 5) is 24.0. The third-order valence-electron chi connectivity index (χ3n) is 2.62. The fourth-order valence-electron chi connectivity index (χ4n) is 1.67. The Morgan fingerprint density at radius 2 is 2.42 bits per heavy atom. The summed E-state index contributed by atoms with van der Waals surface area (Å²) in [5.74, 6) is -1.46. The van der Waals surface area contributed by atoms with E-state index in [1.807, 2.05) is 6.07 Å². The van der Waals surface area contributed by atoms with E-state index < -0.39 is 12.1 Å². The van der Waals surface area contributed by atoms with Crippen LogP contribution >= 0.6 is 0 Å². The predicted octanol–water partition coefficient (Wildman–Crippen LogP) is -1.27. The van der Waals surface area contributed by atoms with Gasteiger partial charge in [0.15, 0.2) is 11.8 Å². The van der Waals surface area contributed by atoms with Gasteiger partial charge in [0, 0.05) is 6.54 Å². The minimum atomic E-state index is -1.20. The summed E-state index contributed by atoms with van der Waals surface area (Å²) in [7, 11) is 0. The smallest absolute Gasteiger partial charge is 0.358 e. The number of carboxylic acids is 1. The lowest BCUT2D eigenvalue weighted by Gasteiger charge is -2.29. The van der Waals surface area contributed by atoms with Gasteiger partial charge in [0.25, 0.3) is 0 Å². The van der Waals surface area contributed by atoms with E-state index in [1.54, 1.807) is 0 Å². The number of nitriles is 1. The number of carbonyl (C=O) groups excluding carboxylic acids is 1. The van der Waals surface area contributed by atoms with Crippen molar-refractivity contribution in [3.05, 3.63) is 11.9 Å². The monoisotopic (exact) mass is 265 g/mol. The first-order chi connectivity index (χ1) is 9.10. The average Bonchev–Trinajstić information content (AvgIpc) is 2.87. The molecule has 1 amide bonds. The van der Waals surface area contributed by atoms with E-state index in [-0.39, 0.29) is 24.7 Å². The Labute approximate surface area is 108 Å². The molecule has 1 aromatic rings. The molecule has 9 nitrogen and oxygen atoms in total. The molecule has 1 aliphatic heterocycles. The summed E-state index contributed by atoms with van der Waals surface area (Å²) in [5.41, 5.74) is -0.218. The molecule has 0 radical (unpaired) electrons. The number of ether oxygens (including phenoxy) is 1. The molecule has 1 unspecified atom stereocenters. The van der Waals surface area contributed by atoms with E-state index in [0.29, 0.717) is 13.2 Å². The molecule has 100 valence electrons. The predicted molar refractivity (Wildman–Crippen MR) is 58.9 cm³/mol. The first-order valence-corrected chi connectivity index (χ1v) is 5.52. The highest BCUT2D eigenvalue weighted by Gasteiger charge is 2.24. The number of carboxylic acid groups (broad SMARTS) is 1. The number of morpholine rings is 1. The van der Waals surface area contributed by atoms with Gasteiger partial charge in [-0.3, -0.25) is 4.79 Å². The highest BCUT2D eigenvalue weighted by Crippen LogP contribution is 2.05. The van der Waals surface area contributed by atoms with Gasteiger partial charge < -0.3 is 14.7 Å². The minimum absolute atomic E-state index is 0.113. The SMILES string of the molecule is N#CC1CN(C(=O)Cn2cc(C(=O)O)nn2)CCO1. The molecule has 0 spiro atoms. The highest BCUT2D eigenvalue weighted by molar-refractivity contribution is 5.84. The second kappa shape index (κ2) is 5.45. The van der Waals surface area contributed by atoms with Gasteiger partial charge in [-0.15, -0.1) is 5.10 Å². The molecule has 1 aromatic heterocycles. The second-order valence-corrected chi connectivity index (χ2v) is 3.93. The maximum Gasteiger partial charge on any atom is 0.358 e. The summed E-state index contributed by atoms with van der Waals surface area (Å²) in [5, 5.41) is 24.4. The van der Waals surface area contributed by atoms with Crippen LogP contribution < -0.4 is 0 Å². The Bertz CT molecular complexity index is 534. The van der Waals surface area contributed by atoms with Crippen LogP contribution in [0.15, 0.2) is 6.20 Å². The van der Waals surface area contributed by atoms with Gasteiger partial charge >= 0.3 is 5.97 Å². The molecule has 0 bridgehead atoms. The molecule has 1 saturated heterocycles. The number of amides is 1. The highest BCUT2D eigenvalue weighted by atomic mass is 16.5. The van der Waals surface area contributed by atoms with Crippen LogP contribution in [0.1, 0.15) is 10.5 Å². The molecule has 9 heteroatoms. The van der Waals surface area contributed by atoms with E-state index in [2.05, 4.69) is 10.3 Å². The summed E-state index contributed by atoms with van der Waals surface area (Å²) >= 11 is 0. The van der Waals surface area contributed by atoms with Gasteiger partial charge in [-0.1, -0.05) is 5.21 Å². The van der Waals surface area contributed by atoms with Crippen LogP contribution in [0.4, 0.5) is 0 Å². The Hall–Kier alpha value is -2.47. The zero-order valence-corrected chi connectivity index (χ0v) is 9.89. The largest absolute Gasteiger partial charge is 0.476 e. The third-order valence-corrected chi connectivity index (χ3v) is 2.62. The number of hydrogen-bond acceptors (Lipinski definition) is 6. The van der Waals surface area contributed by atoms with Gasteiger partial charge in [0.05, 0.1) is 25.4 Å². The van der Waals surface area contributed by atoms with Crippen LogP contribution in [0.25, 0.3) is 0 Å². The molecule has 2 rings (SSSR count). The standard InChI is InChI=1S/C10H11N5O4/c11-3-7-4-14(1-2-19-7)9(16)6-15-5-8(10(17)18)12-13-15/h5,7H,1-2,4,6H2,(H,17,18). The number of aromatic nitrogens is 3. The zero-order chi connectivity index (χ0) is 13.8. The molecule has 1 aliphatic rings. The molecular formula is C10H11N5O4. The van der Waals surface area contributed by atoms with Crippen molar-refractivity contribution in [1.82, 2.24) is 19.9 Å². The first-order valence-electron chi connectivity index (χ1n) is 5.52. The van der Waals surface area contributed by atoms with Crippen molar-refractivity contribution >= 4 is 11.9 Å². The second-order valence-electron chi connectivity index (χ2n) is 3.93. The van der Waals surface area contributed by atoms with Crippen LogP contribution in [0.2, 0.25) is 0 Å². The lowest BCUT2D eigenvalue weighted by atomic mass is 10.3. The molecule has 2 heterocycles. The molecule has 0 saturated carbocycles. The number of rotatable bonds is 3. The van der Waals surface area contributed by atoms with Crippen molar-refractivity contribution in [2.24, 2.45) is 0 Å². The fourth-order valence-corrected chi connectivity index (χ4v) is 1.67. The van der Waals surface area contributed by atoms with E-state index >= 15 is 0 Å². The summed E-state index contributed by atoms with van der Waals surface area (Å²) in [6.07, 6.45) is 0.561. The van der Waals surface area contributed by atoms with Gasteiger partial charge in [0.1, 0.15) is 6.54 Å². The van der Waals surface area contributed by atoms with Gasteiger partial charge in [0.2, 0.25) is 5.91 Å². The van der Waals surface area contributed by atoms with Crippen molar-refractivity contribution < 1.29 is 19.4 Å². The lowest BCUT2D eigenvalue weighted by Crippen LogP contribution is -2.46. The topological polar surface area (TPSA) is 121 Å². The van der Waals surface area contributed by atoms with Crippen molar-refractivity contribution in [1.29, 1.82) is 5.26 Å². The number of hydrogen-bond donors (Lipinski definition) is 1. The van der Waals surface area contributed by atoms with Crippen molar-refractivity contribution in [2.45, 2.75) is 12.6 Å². The molecule has 1 N–H and O–H groups in total. The van der Waals surface area contributed by atoms with E-state index in [4.69, 9.17) is 15.1 Å². The summed E-state index contributed by atoms with van der Waals surface area (Å²) < 4.78 is 6.28. The molecule has 1 fully saturated rings. The van der Waals surface area contributed by atoms with Crippen LogP contribution in [0, 0.1) is 11.3 Å². The zero-order valence-electron chi connectivity index (χ0n) is 9.89. The normalized spacial score (nSPS) is 18.9. The van der Waals surface area contributed by atoms with Gasteiger partial charge in [-0.2, -0.15) is 5.26 Å². The fraction of sp³-hybridized carbons (Fsp3) is 0.500. The molecule has 0 aliphatic carbocycles. The van der Waals surface area contributed by atoms with Crippen LogP contribution in [0.5, 0.6) is 0 Å². The molecule has 19 heavy (non-hydrogen) atoms. The van der Waals surface area contributed by atoms with Crippen LogP contribution in [0.3, 0.4) is 0 Å². The van der Waals surface area contributed by atoms with E-state index in [0.717, 1.165) is 4.68 Å². The molecule has 0 aromatic carbocycles. The summed E-state index contributed by atoms with van der Waals surface area (Å²) in [6, 6.07) is 1.94. The number of nitrogens with zero attached hydrogens (tertiary/aromatic N) is 5. The Kier molecular flexibility index (Phi) is 3.72. The van der Waals surface area contributed by atoms with E-state index in [1.165, 1.54) is 11.1 Å². The Balaban J connectivity index is 1.96. The Morgan fingerprint density at radius 1 is 1.63 bits per heavy atom. The maximum absolute atomic E-state index is 11.9. The van der Waals surface area contributed by atoms with Gasteiger partial charge in [-0.25, -0.2) is 9.48 Å². The average molecular weight is 265 g/mol. The van der Waals surface area contributed by atoms with Crippen molar-refractivity contribution in [2.75, 3.05) is 19.7 Å². The number of carbonyl (C=O) groups is 2. The van der Waals surface area contributed by atoms with Crippen LogP contribution in [-0.2, 0) is 16.1 Å². The van der Waals surface area contributed by atoms with Crippen molar-refractivity contribution in [3.63, 3.8) is 0 Å². The van der Waals surface area contributed by atoms with Crippen LogP contribution in [-0.4, -0.2) is 62.7 Å². The maximum atomic E-state index is 11.9. The van der Waals surface area contributed by atoms with E-state index in [9.17, 15) is 9.59 Å². The first kappa shape index (κ1) is 13.0. The van der Waals surface area contributed by atoms with Gasteiger partial charge in [-0.05, 0) is 0 Å². The molecule has 1 atom stereocenters. The Morgan fingerprint density at radius 3 is 3.05 bits per heavy atom. The van der Waals surface area contributed by atoms with Crippen molar-refractivity contribution in [3.8, 4) is 6.07 Å². The molecular weight excluding hydrogens is 254 g/mol. The quantitative estimate of drug-likeness (QED) is 0.722. The minimum Gasteiger partial charge on any atom is -0.476 e. The third kappa shape index (κ3) is 3.05. The lowest BCUT2D eigenvalue weighted by molar-refractivity contribution is -0.137. The summed E-state index contributed by atoms with van der Waals surface area (Å²) in [6.45, 7) is 0.799. The number of aromatic carboxylic acids is 1.